The molecule has 0 aliphatic heterocycles. The lowest BCUT2D eigenvalue weighted by Gasteiger charge is -2.26. The van der Waals surface area contributed by atoms with E-state index in [1.54, 1.807) is 0 Å². The Balaban J connectivity index is 4.18. The molecule has 0 aliphatic rings. The van der Waals surface area contributed by atoms with Gasteiger partial charge < -0.3 is 10.2 Å². The Morgan fingerprint density at radius 2 is 1.93 bits per heavy atom. The van der Waals surface area contributed by atoms with Crippen LogP contribution in [0.2, 0.25) is 0 Å². The summed E-state index contributed by atoms with van der Waals surface area (Å²) in [6.45, 7) is 9.95. The van der Waals surface area contributed by atoms with Gasteiger partial charge in [0.15, 0.2) is 0 Å². The summed E-state index contributed by atoms with van der Waals surface area (Å²) in [4.78, 5) is 13.7. The molecule has 1 amide bonds. The lowest BCUT2D eigenvalue weighted by atomic mass is 10.1. The lowest BCUT2D eigenvalue weighted by Crippen LogP contribution is -2.45. The summed E-state index contributed by atoms with van der Waals surface area (Å²) in [5, 5.41) is 2.98. The summed E-state index contributed by atoms with van der Waals surface area (Å²) in [5.41, 5.74) is 0. The smallest absolute Gasteiger partial charge is 0.239 e. The van der Waals surface area contributed by atoms with E-state index in [0.29, 0.717) is 5.92 Å². The Hall–Kier alpha value is -0.570. The number of rotatable bonds is 6. The van der Waals surface area contributed by atoms with Crippen LogP contribution >= 0.6 is 0 Å². The van der Waals surface area contributed by atoms with E-state index in [2.05, 4.69) is 19.2 Å². The molecule has 0 saturated heterocycles. The minimum atomic E-state index is -0.0704. The van der Waals surface area contributed by atoms with Crippen molar-refractivity contribution in [1.82, 2.24) is 10.2 Å². The zero-order valence-corrected chi connectivity index (χ0v) is 10.1. The quantitative estimate of drug-likeness (QED) is 0.704. The van der Waals surface area contributed by atoms with Crippen molar-refractivity contribution < 1.29 is 4.79 Å². The molecule has 2 unspecified atom stereocenters. The third-order valence-electron chi connectivity index (χ3n) is 2.73. The maximum absolute atomic E-state index is 11.8. The van der Waals surface area contributed by atoms with Crippen LogP contribution < -0.4 is 5.32 Å². The van der Waals surface area contributed by atoms with Crippen molar-refractivity contribution in [3.8, 4) is 0 Å². The van der Waals surface area contributed by atoms with Gasteiger partial charge in [-0.15, -0.1) is 0 Å². The molecule has 2 atom stereocenters. The van der Waals surface area contributed by atoms with Crippen LogP contribution in [0.1, 0.15) is 34.1 Å². The molecular formula is C11H24N2O. The highest BCUT2D eigenvalue weighted by Gasteiger charge is 2.18. The Kier molecular flexibility index (Phi) is 6.54. The SMILES string of the molecule is CCC(C)CN(CC)C(=O)C(C)NC. The van der Waals surface area contributed by atoms with Gasteiger partial charge in [0.2, 0.25) is 5.91 Å². The first-order chi connectivity index (χ1) is 6.56. The van der Waals surface area contributed by atoms with Crippen LogP contribution in [0.15, 0.2) is 0 Å². The second-order valence-corrected chi connectivity index (χ2v) is 3.90. The fourth-order valence-electron chi connectivity index (χ4n) is 1.28. The molecule has 0 aromatic heterocycles. The van der Waals surface area contributed by atoms with Crippen LogP contribution in [0, 0.1) is 5.92 Å². The van der Waals surface area contributed by atoms with E-state index >= 15 is 0 Å². The molecule has 0 aliphatic carbocycles. The van der Waals surface area contributed by atoms with Gasteiger partial charge in [-0.1, -0.05) is 20.3 Å². The highest BCUT2D eigenvalue weighted by molar-refractivity contribution is 5.81. The van der Waals surface area contributed by atoms with Crippen molar-refractivity contribution in [3.63, 3.8) is 0 Å². The van der Waals surface area contributed by atoms with Gasteiger partial charge in [0.25, 0.3) is 0 Å². The number of likely N-dealkylation sites (N-methyl/N-ethyl adjacent to an activating group) is 2. The van der Waals surface area contributed by atoms with Crippen molar-refractivity contribution in [2.75, 3.05) is 20.1 Å². The largest absolute Gasteiger partial charge is 0.341 e. The highest BCUT2D eigenvalue weighted by atomic mass is 16.2. The van der Waals surface area contributed by atoms with E-state index in [0.717, 1.165) is 19.5 Å². The number of hydrogen-bond acceptors (Lipinski definition) is 2. The Morgan fingerprint density at radius 3 is 2.29 bits per heavy atom. The minimum Gasteiger partial charge on any atom is -0.341 e. The molecule has 0 radical (unpaired) electrons. The summed E-state index contributed by atoms with van der Waals surface area (Å²) in [6, 6.07) is -0.0704. The Morgan fingerprint density at radius 1 is 1.36 bits per heavy atom. The maximum Gasteiger partial charge on any atom is 0.239 e. The van der Waals surface area contributed by atoms with Crippen molar-refractivity contribution in [3.05, 3.63) is 0 Å². The van der Waals surface area contributed by atoms with Gasteiger partial charge in [-0.2, -0.15) is 0 Å². The molecule has 14 heavy (non-hydrogen) atoms. The Bertz CT molecular complexity index is 171. The molecule has 0 aromatic rings. The summed E-state index contributed by atoms with van der Waals surface area (Å²) in [6.07, 6.45) is 1.12. The summed E-state index contributed by atoms with van der Waals surface area (Å²) >= 11 is 0. The van der Waals surface area contributed by atoms with E-state index in [1.807, 2.05) is 25.8 Å². The van der Waals surface area contributed by atoms with Gasteiger partial charge in [0, 0.05) is 13.1 Å². The number of carbonyl (C=O) groups excluding carboxylic acids is 1. The van der Waals surface area contributed by atoms with Crippen LogP contribution in [0.4, 0.5) is 0 Å². The van der Waals surface area contributed by atoms with E-state index in [1.165, 1.54) is 0 Å². The van der Waals surface area contributed by atoms with Gasteiger partial charge in [0.1, 0.15) is 0 Å². The van der Waals surface area contributed by atoms with Crippen molar-refractivity contribution >= 4 is 5.91 Å². The average molecular weight is 200 g/mol. The molecular weight excluding hydrogens is 176 g/mol. The normalized spacial score (nSPS) is 14.9. The molecule has 0 bridgehead atoms. The monoisotopic (exact) mass is 200 g/mol. The second-order valence-electron chi connectivity index (χ2n) is 3.90. The summed E-state index contributed by atoms with van der Waals surface area (Å²) in [7, 11) is 1.82. The van der Waals surface area contributed by atoms with E-state index in [-0.39, 0.29) is 11.9 Å². The zero-order valence-electron chi connectivity index (χ0n) is 10.1. The van der Waals surface area contributed by atoms with Gasteiger partial charge in [-0.3, -0.25) is 4.79 Å². The number of carbonyl (C=O) groups is 1. The molecule has 84 valence electrons. The van der Waals surface area contributed by atoms with Crippen molar-refractivity contribution in [1.29, 1.82) is 0 Å². The second kappa shape index (κ2) is 6.82. The average Bonchev–Trinajstić information content (AvgIpc) is 2.23. The number of hydrogen-bond donors (Lipinski definition) is 1. The molecule has 0 rings (SSSR count). The third kappa shape index (κ3) is 4.09. The van der Waals surface area contributed by atoms with Crippen LogP contribution in [-0.4, -0.2) is 37.0 Å². The van der Waals surface area contributed by atoms with Gasteiger partial charge in [-0.25, -0.2) is 0 Å². The fourth-order valence-corrected chi connectivity index (χ4v) is 1.28. The number of nitrogens with zero attached hydrogens (tertiary/aromatic N) is 1. The predicted molar refractivity (Wildman–Crippen MR) is 60.2 cm³/mol. The first-order valence-electron chi connectivity index (χ1n) is 5.52. The molecule has 3 heteroatoms. The van der Waals surface area contributed by atoms with Crippen LogP contribution in [-0.2, 0) is 4.79 Å². The van der Waals surface area contributed by atoms with E-state index in [9.17, 15) is 4.79 Å². The van der Waals surface area contributed by atoms with Gasteiger partial charge >= 0.3 is 0 Å². The Labute approximate surface area is 87.9 Å². The first-order valence-corrected chi connectivity index (χ1v) is 5.52. The molecule has 0 fully saturated rings. The summed E-state index contributed by atoms with van der Waals surface area (Å²) in [5.74, 6) is 0.790. The number of amides is 1. The van der Waals surface area contributed by atoms with Crippen molar-refractivity contribution in [2.45, 2.75) is 40.2 Å². The minimum absolute atomic E-state index is 0.0704. The standard InChI is InChI=1S/C11H24N2O/c1-6-9(3)8-13(7-2)11(14)10(4)12-5/h9-10,12H,6-8H2,1-5H3. The van der Waals surface area contributed by atoms with Crippen molar-refractivity contribution in [2.24, 2.45) is 5.92 Å². The molecule has 1 N–H and O–H groups in total. The maximum atomic E-state index is 11.8. The summed E-state index contributed by atoms with van der Waals surface area (Å²) < 4.78 is 0. The molecule has 3 nitrogen and oxygen atoms in total. The predicted octanol–water partition coefficient (Wildman–Crippen LogP) is 1.49. The molecule has 0 spiro atoms. The topological polar surface area (TPSA) is 32.3 Å². The zero-order chi connectivity index (χ0) is 11.1. The molecule has 0 saturated carbocycles. The van der Waals surface area contributed by atoms with Crippen LogP contribution in [0.25, 0.3) is 0 Å². The lowest BCUT2D eigenvalue weighted by molar-refractivity contribution is -0.133. The molecule has 0 heterocycles. The number of nitrogens with one attached hydrogen (secondary N) is 1. The van der Waals surface area contributed by atoms with Gasteiger partial charge in [0.05, 0.1) is 6.04 Å². The molecule has 0 aromatic carbocycles. The van der Waals surface area contributed by atoms with Crippen LogP contribution in [0.3, 0.4) is 0 Å². The first kappa shape index (κ1) is 13.4. The van der Waals surface area contributed by atoms with Crippen LogP contribution in [0.5, 0.6) is 0 Å². The van der Waals surface area contributed by atoms with E-state index in [4.69, 9.17) is 0 Å². The highest BCUT2D eigenvalue weighted by Crippen LogP contribution is 2.05. The van der Waals surface area contributed by atoms with Gasteiger partial charge in [-0.05, 0) is 26.8 Å². The fraction of sp³-hybridized carbons (Fsp3) is 0.909. The third-order valence-corrected chi connectivity index (χ3v) is 2.73. The van der Waals surface area contributed by atoms with E-state index < -0.39 is 0 Å².